The zero-order valence-corrected chi connectivity index (χ0v) is 16.2. The predicted octanol–water partition coefficient (Wildman–Crippen LogP) is 3.95. The van der Waals surface area contributed by atoms with Gasteiger partial charge in [0.1, 0.15) is 5.75 Å². The number of aryl methyl sites for hydroxylation is 1. The number of rotatable bonds is 7. The number of benzene rings is 1. The Morgan fingerprint density at radius 3 is 2.84 bits per heavy atom. The SMILES string of the molecule is CCSc1cc(C[S+]([O-])c2nc3cc(OC)ccc3[nH]2)ncc1CC. The van der Waals surface area contributed by atoms with Gasteiger partial charge in [0.05, 0.1) is 23.8 Å². The molecule has 0 spiro atoms. The van der Waals surface area contributed by atoms with Crippen molar-refractivity contribution in [2.45, 2.75) is 36.1 Å². The summed E-state index contributed by atoms with van der Waals surface area (Å²) in [4.78, 5) is 13.3. The lowest BCUT2D eigenvalue weighted by Gasteiger charge is -2.10. The maximum absolute atomic E-state index is 12.7. The Labute approximate surface area is 154 Å². The Kier molecular flexibility index (Phi) is 5.88. The second-order valence-electron chi connectivity index (χ2n) is 5.48. The minimum absolute atomic E-state index is 0.345. The lowest BCUT2D eigenvalue weighted by Crippen LogP contribution is -2.08. The third-order valence-corrected chi connectivity index (χ3v) is 6.01. The average molecular weight is 376 g/mol. The van der Waals surface area contributed by atoms with Gasteiger partial charge in [-0.1, -0.05) is 13.8 Å². The lowest BCUT2D eigenvalue weighted by molar-refractivity contribution is 0.415. The standard InChI is InChI=1S/C18H21N3O2S2/c1-4-12-10-19-13(8-17(12)24-5-2)11-25(22)18-20-15-7-6-14(23-3)9-16(15)21-18/h6-10H,4-5,11H2,1-3H3,(H,20,21). The van der Waals surface area contributed by atoms with Crippen LogP contribution < -0.4 is 4.74 Å². The number of aromatic nitrogens is 3. The van der Waals surface area contributed by atoms with E-state index in [0.29, 0.717) is 10.9 Å². The molecule has 7 heteroatoms. The molecule has 0 aliphatic heterocycles. The first-order chi connectivity index (χ1) is 12.1. The second kappa shape index (κ2) is 8.12. The molecule has 0 amide bonds. The van der Waals surface area contributed by atoms with Crippen LogP contribution in [0.1, 0.15) is 25.1 Å². The number of hydrogen-bond donors (Lipinski definition) is 1. The van der Waals surface area contributed by atoms with Crippen molar-refractivity contribution in [1.29, 1.82) is 0 Å². The van der Waals surface area contributed by atoms with Gasteiger partial charge in [-0.3, -0.25) is 9.97 Å². The highest BCUT2D eigenvalue weighted by molar-refractivity contribution is 7.99. The molecule has 0 fully saturated rings. The van der Waals surface area contributed by atoms with Gasteiger partial charge < -0.3 is 9.29 Å². The summed E-state index contributed by atoms with van der Waals surface area (Å²) in [7, 11) is 1.62. The number of hydrogen-bond acceptors (Lipinski definition) is 5. The highest BCUT2D eigenvalue weighted by atomic mass is 32.2. The van der Waals surface area contributed by atoms with Gasteiger partial charge in [0.2, 0.25) is 0 Å². The van der Waals surface area contributed by atoms with E-state index < -0.39 is 11.2 Å². The minimum atomic E-state index is -1.28. The van der Waals surface area contributed by atoms with Crippen molar-refractivity contribution in [2.75, 3.05) is 12.9 Å². The van der Waals surface area contributed by atoms with Crippen LogP contribution in [-0.2, 0) is 23.3 Å². The van der Waals surface area contributed by atoms with Gasteiger partial charge in [-0.05, 0) is 35.9 Å². The summed E-state index contributed by atoms with van der Waals surface area (Å²) in [5.74, 6) is 2.08. The Hall–Kier alpha value is -1.70. The number of pyridine rings is 1. The van der Waals surface area contributed by atoms with Crippen LogP contribution in [0, 0.1) is 0 Å². The lowest BCUT2D eigenvalue weighted by atomic mass is 10.2. The van der Waals surface area contributed by atoms with Crippen LogP contribution in [0.3, 0.4) is 0 Å². The van der Waals surface area contributed by atoms with E-state index in [1.807, 2.05) is 24.4 Å². The summed E-state index contributed by atoms with van der Waals surface area (Å²) in [6, 6.07) is 7.62. The van der Waals surface area contributed by atoms with E-state index >= 15 is 0 Å². The van der Waals surface area contributed by atoms with Crippen LogP contribution in [0.5, 0.6) is 5.75 Å². The molecule has 0 saturated carbocycles. The maximum atomic E-state index is 12.7. The summed E-state index contributed by atoms with van der Waals surface area (Å²) in [6.45, 7) is 4.25. The fraction of sp³-hybridized carbons (Fsp3) is 0.333. The van der Waals surface area contributed by atoms with E-state index in [1.165, 1.54) is 10.5 Å². The van der Waals surface area contributed by atoms with Gasteiger partial charge in [0, 0.05) is 28.3 Å². The van der Waals surface area contributed by atoms with E-state index in [1.54, 1.807) is 18.9 Å². The summed E-state index contributed by atoms with van der Waals surface area (Å²) in [5, 5.41) is 0.467. The van der Waals surface area contributed by atoms with Gasteiger partial charge >= 0.3 is 5.16 Å². The van der Waals surface area contributed by atoms with E-state index in [4.69, 9.17) is 4.74 Å². The van der Waals surface area contributed by atoms with Crippen molar-refractivity contribution in [3.63, 3.8) is 0 Å². The molecule has 5 nitrogen and oxygen atoms in total. The van der Waals surface area contributed by atoms with Gasteiger partial charge in [0.25, 0.3) is 0 Å². The monoisotopic (exact) mass is 375 g/mol. The number of nitrogens with zero attached hydrogens (tertiary/aromatic N) is 2. The summed E-state index contributed by atoms with van der Waals surface area (Å²) in [6.07, 6.45) is 2.85. The molecule has 1 unspecified atom stereocenters. The molecule has 1 N–H and O–H groups in total. The molecule has 25 heavy (non-hydrogen) atoms. The van der Waals surface area contributed by atoms with Crippen LogP contribution in [0.15, 0.2) is 40.5 Å². The molecule has 2 heterocycles. The molecule has 0 radical (unpaired) electrons. The zero-order chi connectivity index (χ0) is 17.8. The van der Waals surface area contributed by atoms with Crippen molar-refractivity contribution >= 4 is 34.0 Å². The molecule has 1 aromatic carbocycles. The molecule has 0 aliphatic rings. The molecular weight excluding hydrogens is 354 g/mol. The van der Waals surface area contributed by atoms with Crippen molar-refractivity contribution in [3.05, 3.63) is 41.7 Å². The van der Waals surface area contributed by atoms with Crippen LogP contribution in [0.25, 0.3) is 11.0 Å². The van der Waals surface area contributed by atoms with E-state index in [0.717, 1.165) is 34.7 Å². The van der Waals surface area contributed by atoms with E-state index in [-0.39, 0.29) is 0 Å². The fourth-order valence-electron chi connectivity index (χ4n) is 2.54. The average Bonchev–Trinajstić information content (AvgIpc) is 3.05. The zero-order valence-electron chi connectivity index (χ0n) is 14.5. The summed E-state index contributed by atoms with van der Waals surface area (Å²) in [5.41, 5.74) is 3.65. The molecular formula is C18H21N3O2S2. The largest absolute Gasteiger partial charge is 0.609 e. The van der Waals surface area contributed by atoms with Crippen molar-refractivity contribution in [2.24, 2.45) is 0 Å². The molecule has 1 atom stereocenters. The summed E-state index contributed by atoms with van der Waals surface area (Å²) < 4.78 is 17.9. The van der Waals surface area contributed by atoms with Crippen LogP contribution >= 0.6 is 11.8 Å². The predicted molar refractivity (Wildman–Crippen MR) is 103 cm³/mol. The maximum Gasteiger partial charge on any atom is 0.322 e. The van der Waals surface area contributed by atoms with Gasteiger partial charge in [-0.25, -0.2) is 0 Å². The van der Waals surface area contributed by atoms with Crippen LogP contribution in [0.2, 0.25) is 0 Å². The highest BCUT2D eigenvalue weighted by Gasteiger charge is 2.19. The van der Waals surface area contributed by atoms with Crippen molar-refractivity contribution in [1.82, 2.24) is 15.0 Å². The highest BCUT2D eigenvalue weighted by Crippen LogP contribution is 2.26. The first-order valence-electron chi connectivity index (χ1n) is 8.17. The quantitative estimate of drug-likeness (QED) is 0.500. The Morgan fingerprint density at radius 1 is 1.28 bits per heavy atom. The third-order valence-electron chi connectivity index (χ3n) is 3.84. The fourth-order valence-corrected chi connectivity index (χ4v) is 4.44. The van der Waals surface area contributed by atoms with E-state index in [2.05, 4.69) is 34.9 Å². The Bertz CT molecular complexity index is 867. The van der Waals surface area contributed by atoms with E-state index in [9.17, 15) is 4.55 Å². The number of H-pyrrole nitrogens is 1. The molecule has 3 aromatic rings. The van der Waals surface area contributed by atoms with Gasteiger partial charge in [-0.15, -0.1) is 11.8 Å². The Balaban J connectivity index is 1.81. The number of ether oxygens (including phenoxy) is 1. The Morgan fingerprint density at radius 2 is 2.12 bits per heavy atom. The van der Waals surface area contributed by atoms with Crippen molar-refractivity contribution < 1.29 is 9.29 Å². The second-order valence-corrected chi connectivity index (χ2v) is 8.16. The van der Waals surface area contributed by atoms with Gasteiger partial charge in [-0.2, -0.15) is 4.98 Å². The van der Waals surface area contributed by atoms with Gasteiger partial charge in [0.15, 0.2) is 5.75 Å². The van der Waals surface area contributed by atoms with Crippen LogP contribution in [0.4, 0.5) is 0 Å². The molecule has 3 rings (SSSR count). The number of methoxy groups -OCH3 is 1. The first-order valence-corrected chi connectivity index (χ1v) is 10.5. The number of nitrogens with one attached hydrogen (secondary N) is 1. The van der Waals surface area contributed by atoms with Crippen molar-refractivity contribution in [3.8, 4) is 5.75 Å². The molecule has 2 aromatic heterocycles. The van der Waals surface area contributed by atoms with Crippen LogP contribution in [-0.4, -0.2) is 32.4 Å². The normalized spacial score (nSPS) is 12.5. The molecule has 132 valence electrons. The molecule has 0 bridgehead atoms. The first kappa shape index (κ1) is 18.1. The number of thioether (sulfide) groups is 1. The molecule has 0 saturated heterocycles. The number of aromatic amines is 1. The topological polar surface area (TPSA) is 73.9 Å². The third kappa shape index (κ3) is 4.11. The number of fused-ring (bicyclic) bond motifs is 1. The molecule has 0 aliphatic carbocycles. The summed E-state index contributed by atoms with van der Waals surface area (Å²) >= 11 is 0.520. The smallest absolute Gasteiger partial charge is 0.322 e. The number of imidazole rings is 1. The minimum Gasteiger partial charge on any atom is -0.609 e.